The normalized spacial score (nSPS) is 23.3. The van der Waals surface area contributed by atoms with Gasteiger partial charge in [0.15, 0.2) is 0 Å². The molecule has 1 aliphatic carbocycles. The average Bonchev–Trinajstić information content (AvgIpc) is 3.27. The zero-order chi connectivity index (χ0) is 18.6. The molecule has 2 aromatic rings. The summed E-state index contributed by atoms with van der Waals surface area (Å²) in [5, 5.41) is 4.22. The molecule has 3 aliphatic rings. The van der Waals surface area contributed by atoms with Crippen LogP contribution in [0.3, 0.4) is 0 Å². The Labute approximate surface area is 156 Å². The molecule has 1 saturated heterocycles. The molecule has 9 nitrogen and oxygen atoms in total. The molecule has 27 heavy (non-hydrogen) atoms. The van der Waals surface area contributed by atoms with Crippen molar-refractivity contribution in [3.05, 3.63) is 33.8 Å². The van der Waals surface area contributed by atoms with Gasteiger partial charge >= 0.3 is 0 Å². The van der Waals surface area contributed by atoms with E-state index in [0.717, 1.165) is 55.6 Å². The Morgan fingerprint density at radius 1 is 1.26 bits per heavy atom. The predicted molar refractivity (Wildman–Crippen MR) is 96.9 cm³/mol. The maximum atomic E-state index is 13.0. The molecule has 2 aliphatic heterocycles. The van der Waals surface area contributed by atoms with Crippen molar-refractivity contribution in [1.82, 2.24) is 29.6 Å². The summed E-state index contributed by atoms with van der Waals surface area (Å²) in [6, 6.07) is 0. The van der Waals surface area contributed by atoms with Gasteiger partial charge in [0.1, 0.15) is 12.2 Å². The van der Waals surface area contributed by atoms with Crippen LogP contribution in [0.4, 0.5) is 5.95 Å². The summed E-state index contributed by atoms with van der Waals surface area (Å²) in [5.41, 5.74) is 7.19. The highest BCUT2D eigenvalue weighted by atomic mass is 16.2. The fourth-order valence-electron chi connectivity index (χ4n) is 5.01. The number of anilines is 1. The van der Waals surface area contributed by atoms with Crippen molar-refractivity contribution in [2.24, 2.45) is 5.92 Å². The van der Waals surface area contributed by atoms with Crippen LogP contribution >= 0.6 is 0 Å². The number of aromatic amines is 1. The molecule has 2 aromatic heterocycles. The highest BCUT2D eigenvalue weighted by Gasteiger charge is 2.45. The van der Waals surface area contributed by atoms with Crippen molar-refractivity contribution in [3.8, 4) is 0 Å². The van der Waals surface area contributed by atoms with Gasteiger partial charge in [-0.1, -0.05) is 0 Å². The number of nitrogens with zero attached hydrogens (tertiary/aromatic N) is 5. The first-order chi connectivity index (χ1) is 13.1. The second-order valence-corrected chi connectivity index (χ2v) is 7.98. The van der Waals surface area contributed by atoms with Crippen LogP contribution in [0.25, 0.3) is 0 Å². The van der Waals surface area contributed by atoms with Crippen molar-refractivity contribution in [2.75, 3.05) is 18.8 Å². The van der Waals surface area contributed by atoms with Gasteiger partial charge in [0.2, 0.25) is 11.9 Å². The van der Waals surface area contributed by atoms with E-state index in [0.29, 0.717) is 19.6 Å². The first-order valence-electron chi connectivity index (χ1n) is 9.60. The minimum Gasteiger partial charge on any atom is -0.369 e. The second kappa shape index (κ2) is 5.90. The largest absolute Gasteiger partial charge is 0.369 e. The number of piperidine rings is 1. The number of H-pyrrole nitrogens is 1. The van der Waals surface area contributed by atoms with Crippen LogP contribution in [-0.4, -0.2) is 48.6 Å². The highest BCUT2D eigenvalue weighted by Crippen LogP contribution is 2.44. The van der Waals surface area contributed by atoms with Gasteiger partial charge in [-0.15, -0.1) is 0 Å². The molecule has 142 valence electrons. The molecular weight excluding hydrogens is 346 g/mol. The Bertz CT molecular complexity index is 955. The predicted octanol–water partition coefficient (Wildman–Crippen LogP) is 0.0126. The van der Waals surface area contributed by atoms with E-state index >= 15 is 0 Å². The van der Waals surface area contributed by atoms with Crippen molar-refractivity contribution >= 4 is 11.9 Å². The van der Waals surface area contributed by atoms with Crippen molar-refractivity contribution in [3.63, 3.8) is 0 Å². The molecule has 1 amide bonds. The van der Waals surface area contributed by atoms with Gasteiger partial charge in [-0.05, 0) is 32.1 Å². The average molecular weight is 369 g/mol. The number of amides is 1. The summed E-state index contributed by atoms with van der Waals surface area (Å²) in [7, 11) is 0. The Hall–Kier alpha value is -2.71. The molecule has 0 saturated carbocycles. The van der Waals surface area contributed by atoms with Crippen molar-refractivity contribution < 1.29 is 4.79 Å². The van der Waals surface area contributed by atoms with Gasteiger partial charge in [0.25, 0.3) is 5.56 Å². The number of likely N-dealkylation sites (tertiary alicyclic amines) is 1. The number of nitrogens with one attached hydrogen (secondary N) is 1. The SMILES string of the molecule is Nc1nc2c(c(=O)[nH]1)CCC21CCN(C(=O)C2CCc3ncnn3C2)CC1. The number of aryl methyl sites for hydroxylation is 1. The third-order valence-corrected chi connectivity index (χ3v) is 6.58. The molecular formula is C18H23N7O2. The monoisotopic (exact) mass is 369 g/mol. The zero-order valence-electron chi connectivity index (χ0n) is 15.1. The summed E-state index contributed by atoms with van der Waals surface area (Å²) >= 11 is 0. The molecule has 4 heterocycles. The van der Waals surface area contributed by atoms with E-state index in [2.05, 4.69) is 20.1 Å². The number of nitrogens with two attached hydrogens (primary N) is 1. The van der Waals surface area contributed by atoms with Crippen LogP contribution in [0.2, 0.25) is 0 Å². The number of hydrogen-bond acceptors (Lipinski definition) is 6. The number of aromatic nitrogens is 5. The van der Waals surface area contributed by atoms with Crippen LogP contribution in [0.15, 0.2) is 11.1 Å². The van der Waals surface area contributed by atoms with Crippen LogP contribution in [-0.2, 0) is 29.6 Å². The van der Waals surface area contributed by atoms with E-state index in [4.69, 9.17) is 5.73 Å². The van der Waals surface area contributed by atoms with Gasteiger partial charge in [0, 0.05) is 30.5 Å². The molecule has 9 heteroatoms. The molecule has 0 radical (unpaired) electrons. The molecule has 1 spiro atoms. The molecule has 1 fully saturated rings. The molecule has 5 rings (SSSR count). The summed E-state index contributed by atoms with van der Waals surface area (Å²) in [6.45, 7) is 2.02. The van der Waals surface area contributed by atoms with E-state index in [9.17, 15) is 9.59 Å². The lowest BCUT2D eigenvalue weighted by atomic mass is 9.76. The van der Waals surface area contributed by atoms with Crippen LogP contribution in [0.5, 0.6) is 0 Å². The van der Waals surface area contributed by atoms with Crippen molar-refractivity contribution in [1.29, 1.82) is 0 Å². The first kappa shape index (κ1) is 16.5. The third kappa shape index (κ3) is 2.55. The number of fused-ring (bicyclic) bond motifs is 3. The van der Waals surface area contributed by atoms with Gasteiger partial charge < -0.3 is 10.6 Å². The summed E-state index contributed by atoms with van der Waals surface area (Å²) < 4.78 is 1.85. The Kier molecular flexibility index (Phi) is 3.60. The lowest BCUT2D eigenvalue weighted by molar-refractivity contribution is -0.138. The molecule has 0 bridgehead atoms. The minimum atomic E-state index is -0.112. The van der Waals surface area contributed by atoms with E-state index < -0.39 is 0 Å². The Balaban J connectivity index is 1.31. The van der Waals surface area contributed by atoms with Gasteiger partial charge in [-0.3, -0.25) is 14.6 Å². The number of hydrogen-bond donors (Lipinski definition) is 2. The Morgan fingerprint density at radius 2 is 2.07 bits per heavy atom. The van der Waals surface area contributed by atoms with E-state index in [1.54, 1.807) is 6.33 Å². The van der Waals surface area contributed by atoms with Gasteiger partial charge in [-0.2, -0.15) is 5.10 Å². The fraction of sp³-hybridized carbons (Fsp3) is 0.611. The molecule has 1 atom stereocenters. The minimum absolute atomic E-state index is 0.0271. The second-order valence-electron chi connectivity index (χ2n) is 7.98. The smallest absolute Gasteiger partial charge is 0.255 e. The van der Waals surface area contributed by atoms with Crippen molar-refractivity contribution in [2.45, 2.75) is 50.5 Å². The quantitative estimate of drug-likeness (QED) is 0.730. The lowest BCUT2D eigenvalue weighted by Gasteiger charge is -2.40. The van der Waals surface area contributed by atoms with Crippen LogP contribution < -0.4 is 11.3 Å². The van der Waals surface area contributed by atoms with Gasteiger partial charge in [0.05, 0.1) is 18.2 Å². The summed E-state index contributed by atoms with van der Waals surface area (Å²) in [5.74, 6) is 1.33. The topological polar surface area (TPSA) is 123 Å². The highest BCUT2D eigenvalue weighted by molar-refractivity contribution is 5.79. The van der Waals surface area contributed by atoms with E-state index in [1.165, 1.54) is 0 Å². The maximum absolute atomic E-state index is 13.0. The van der Waals surface area contributed by atoms with Crippen LogP contribution in [0.1, 0.15) is 42.8 Å². The number of rotatable bonds is 1. The van der Waals surface area contributed by atoms with E-state index in [-0.39, 0.29) is 28.7 Å². The number of carbonyl (C=O) groups excluding carboxylic acids is 1. The summed E-state index contributed by atoms with van der Waals surface area (Å²) in [4.78, 5) is 38.5. The Morgan fingerprint density at radius 3 is 2.89 bits per heavy atom. The van der Waals surface area contributed by atoms with Gasteiger partial charge in [-0.25, -0.2) is 14.6 Å². The fourth-order valence-corrected chi connectivity index (χ4v) is 5.01. The number of nitrogen functional groups attached to an aromatic ring is 1. The third-order valence-electron chi connectivity index (χ3n) is 6.58. The molecule has 3 N–H and O–H groups in total. The maximum Gasteiger partial charge on any atom is 0.255 e. The lowest BCUT2D eigenvalue weighted by Crippen LogP contribution is -2.48. The van der Waals surface area contributed by atoms with E-state index in [1.807, 2.05) is 9.58 Å². The first-order valence-corrected chi connectivity index (χ1v) is 9.60. The standard InChI is InChI=1S/C18H23N7O2/c19-17-22-14-12(15(26)23-17)3-4-18(14)5-7-24(8-6-18)16(27)11-1-2-13-20-10-21-25(13)9-11/h10-11H,1-9H2,(H3,19,22,23,26). The molecule has 1 unspecified atom stereocenters. The molecule has 0 aromatic carbocycles. The zero-order valence-corrected chi connectivity index (χ0v) is 15.1. The summed E-state index contributed by atoms with van der Waals surface area (Å²) in [6.07, 6.45) is 6.51. The number of carbonyl (C=O) groups is 1. The van der Waals surface area contributed by atoms with Crippen LogP contribution in [0, 0.1) is 5.92 Å².